The van der Waals surface area contributed by atoms with Gasteiger partial charge >= 0.3 is 0 Å². The minimum absolute atomic E-state index is 0.0261. The molecule has 1 aliphatic heterocycles. The number of amides is 1. The summed E-state index contributed by atoms with van der Waals surface area (Å²) in [5.74, 6) is -0.0261. The molecule has 1 saturated carbocycles. The lowest BCUT2D eigenvalue weighted by molar-refractivity contribution is 0.0398. The fraction of sp³-hybridized carbons (Fsp3) is 0.600. The highest BCUT2D eigenvalue weighted by Gasteiger charge is 2.23. The van der Waals surface area contributed by atoms with Crippen LogP contribution >= 0.6 is 0 Å². The van der Waals surface area contributed by atoms with Gasteiger partial charge in [-0.05, 0) is 18.9 Å². The number of hydrogen-bond acceptors (Lipinski definition) is 5. The van der Waals surface area contributed by atoms with Gasteiger partial charge in [0.2, 0.25) is 0 Å². The van der Waals surface area contributed by atoms with E-state index >= 15 is 0 Å². The molecule has 2 N–H and O–H groups in total. The van der Waals surface area contributed by atoms with E-state index in [1.165, 1.54) is 0 Å². The molecule has 0 radical (unpaired) electrons. The number of carbonyl (C=O) groups excluding carboxylic acids is 1. The zero-order valence-corrected chi connectivity index (χ0v) is 12.2. The third kappa shape index (κ3) is 4.41. The molecule has 114 valence electrons. The molecule has 1 aromatic rings. The van der Waals surface area contributed by atoms with Crippen molar-refractivity contribution >= 4 is 11.6 Å². The van der Waals surface area contributed by atoms with Crippen molar-refractivity contribution in [2.75, 3.05) is 44.7 Å². The molecule has 3 rings (SSSR count). The van der Waals surface area contributed by atoms with E-state index < -0.39 is 0 Å². The number of morpholine rings is 1. The molecule has 0 atom stereocenters. The van der Waals surface area contributed by atoms with Gasteiger partial charge in [-0.3, -0.25) is 14.7 Å². The van der Waals surface area contributed by atoms with Crippen molar-refractivity contribution in [1.82, 2.24) is 15.2 Å². The van der Waals surface area contributed by atoms with Crippen molar-refractivity contribution in [3.05, 3.63) is 24.0 Å². The first-order chi connectivity index (χ1) is 10.3. The molecule has 1 amide bonds. The van der Waals surface area contributed by atoms with Gasteiger partial charge in [-0.2, -0.15) is 0 Å². The third-order valence-electron chi connectivity index (χ3n) is 3.77. The second-order valence-corrected chi connectivity index (χ2v) is 5.59. The van der Waals surface area contributed by atoms with Crippen molar-refractivity contribution in [2.24, 2.45) is 0 Å². The van der Waals surface area contributed by atoms with E-state index in [0.717, 1.165) is 57.9 Å². The zero-order valence-electron chi connectivity index (χ0n) is 12.2. The monoisotopic (exact) mass is 290 g/mol. The van der Waals surface area contributed by atoms with Gasteiger partial charge in [0.15, 0.2) is 0 Å². The molecule has 2 heterocycles. The summed E-state index contributed by atoms with van der Waals surface area (Å²) in [6.45, 7) is 5.43. The van der Waals surface area contributed by atoms with Crippen molar-refractivity contribution in [1.29, 1.82) is 0 Å². The summed E-state index contributed by atoms with van der Waals surface area (Å²) in [5, 5.41) is 6.31. The molecule has 2 fully saturated rings. The number of anilines is 1. The standard InChI is InChI=1S/C15H22N4O2/c20-15(18-13-1-2-13)12-9-14(11-16-10-12)17-3-4-19-5-7-21-8-6-19/h9-11,13,17H,1-8H2,(H,18,20). The molecule has 6 nitrogen and oxygen atoms in total. The van der Waals surface area contributed by atoms with E-state index in [4.69, 9.17) is 4.74 Å². The molecule has 1 aliphatic carbocycles. The highest BCUT2D eigenvalue weighted by molar-refractivity contribution is 5.95. The molecule has 1 aromatic heterocycles. The fourth-order valence-electron chi connectivity index (χ4n) is 2.34. The highest BCUT2D eigenvalue weighted by atomic mass is 16.5. The number of nitrogens with zero attached hydrogens (tertiary/aromatic N) is 2. The Morgan fingerprint density at radius 1 is 1.33 bits per heavy atom. The molecule has 0 spiro atoms. The van der Waals surface area contributed by atoms with Gasteiger partial charge in [-0.1, -0.05) is 0 Å². The third-order valence-corrected chi connectivity index (χ3v) is 3.77. The molecule has 0 aromatic carbocycles. The molecule has 21 heavy (non-hydrogen) atoms. The second-order valence-electron chi connectivity index (χ2n) is 5.59. The van der Waals surface area contributed by atoms with E-state index in [1.54, 1.807) is 12.4 Å². The molecular formula is C15H22N4O2. The molecule has 0 unspecified atom stereocenters. The maximum atomic E-state index is 12.0. The summed E-state index contributed by atoms with van der Waals surface area (Å²) < 4.78 is 5.33. The number of carbonyl (C=O) groups is 1. The van der Waals surface area contributed by atoms with Crippen LogP contribution in [0, 0.1) is 0 Å². The first-order valence-electron chi connectivity index (χ1n) is 7.61. The van der Waals surface area contributed by atoms with Crippen LogP contribution in [0.15, 0.2) is 18.5 Å². The number of hydrogen-bond donors (Lipinski definition) is 2. The van der Waals surface area contributed by atoms with Crippen LogP contribution in [-0.2, 0) is 4.74 Å². The Morgan fingerprint density at radius 3 is 2.90 bits per heavy atom. The number of pyridine rings is 1. The van der Waals surface area contributed by atoms with Crippen molar-refractivity contribution < 1.29 is 9.53 Å². The van der Waals surface area contributed by atoms with Crippen LogP contribution in [0.25, 0.3) is 0 Å². The maximum absolute atomic E-state index is 12.0. The summed E-state index contributed by atoms with van der Waals surface area (Å²) >= 11 is 0. The Kier molecular flexibility index (Phi) is 4.67. The normalized spacial score (nSPS) is 19.2. The summed E-state index contributed by atoms with van der Waals surface area (Å²) in [7, 11) is 0. The first kappa shape index (κ1) is 14.3. The lowest BCUT2D eigenvalue weighted by Gasteiger charge is -2.26. The summed E-state index contributed by atoms with van der Waals surface area (Å²) in [5.41, 5.74) is 1.52. The van der Waals surface area contributed by atoms with Gasteiger partial charge in [0.05, 0.1) is 24.5 Å². The second kappa shape index (κ2) is 6.87. The number of aromatic nitrogens is 1. The summed E-state index contributed by atoms with van der Waals surface area (Å²) in [6, 6.07) is 2.24. The van der Waals surface area contributed by atoms with Crippen molar-refractivity contribution in [2.45, 2.75) is 18.9 Å². The lowest BCUT2D eigenvalue weighted by atomic mass is 10.2. The predicted molar refractivity (Wildman–Crippen MR) is 80.5 cm³/mol. The topological polar surface area (TPSA) is 66.5 Å². The van der Waals surface area contributed by atoms with Crippen LogP contribution < -0.4 is 10.6 Å². The van der Waals surface area contributed by atoms with E-state index in [-0.39, 0.29) is 5.91 Å². The maximum Gasteiger partial charge on any atom is 0.253 e. The minimum atomic E-state index is -0.0261. The fourth-order valence-corrected chi connectivity index (χ4v) is 2.34. The average molecular weight is 290 g/mol. The molecule has 1 saturated heterocycles. The van der Waals surface area contributed by atoms with Crippen LogP contribution in [0.5, 0.6) is 0 Å². The van der Waals surface area contributed by atoms with Crippen LogP contribution in [0.1, 0.15) is 23.2 Å². The molecular weight excluding hydrogens is 268 g/mol. The quantitative estimate of drug-likeness (QED) is 0.808. The van der Waals surface area contributed by atoms with Crippen LogP contribution in [0.3, 0.4) is 0 Å². The van der Waals surface area contributed by atoms with E-state index in [9.17, 15) is 4.79 Å². The lowest BCUT2D eigenvalue weighted by Crippen LogP contribution is -2.39. The smallest absolute Gasteiger partial charge is 0.253 e. The van der Waals surface area contributed by atoms with Gasteiger partial charge in [0.1, 0.15) is 0 Å². The Bertz CT molecular complexity index is 484. The van der Waals surface area contributed by atoms with Gasteiger partial charge in [-0.15, -0.1) is 0 Å². The molecule has 2 aliphatic rings. The molecule has 6 heteroatoms. The summed E-state index contributed by atoms with van der Waals surface area (Å²) in [4.78, 5) is 18.5. The van der Waals surface area contributed by atoms with Gasteiger partial charge < -0.3 is 15.4 Å². The first-order valence-corrected chi connectivity index (χ1v) is 7.61. The Morgan fingerprint density at radius 2 is 2.14 bits per heavy atom. The largest absolute Gasteiger partial charge is 0.382 e. The number of nitrogens with one attached hydrogen (secondary N) is 2. The summed E-state index contributed by atoms with van der Waals surface area (Å²) in [6.07, 6.45) is 5.56. The van der Waals surface area contributed by atoms with E-state index in [2.05, 4.69) is 20.5 Å². The Labute approximate surface area is 124 Å². The van der Waals surface area contributed by atoms with Gasteiger partial charge in [0.25, 0.3) is 5.91 Å². The number of rotatable bonds is 6. The van der Waals surface area contributed by atoms with Crippen LogP contribution in [0.4, 0.5) is 5.69 Å². The van der Waals surface area contributed by atoms with Gasteiger partial charge in [0, 0.05) is 44.6 Å². The SMILES string of the molecule is O=C(NC1CC1)c1cncc(NCCN2CCOCC2)c1. The number of ether oxygens (including phenoxy) is 1. The van der Waals surface area contributed by atoms with Crippen LogP contribution in [0.2, 0.25) is 0 Å². The van der Waals surface area contributed by atoms with Crippen LogP contribution in [-0.4, -0.2) is 61.2 Å². The van der Waals surface area contributed by atoms with E-state index in [1.807, 2.05) is 6.07 Å². The minimum Gasteiger partial charge on any atom is -0.382 e. The zero-order chi connectivity index (χ0) is 14.5. The average Bonchev–Trinajstić information content (AvgIpc) is 3.33. The Hall–Kier alpha value is -1.66. The Balaban J connectivity index is 1.47. The predicted octanol–water partition coefficient (Wildman–Crippen LogP) is 0.718. The van der Waals surface area contributed by atoms with E-state index in [0.29, 0.717) is 11.6 Å². The van der Waals surface area contributed by atoms with Gasteiger partial charge in [-0.25, -0.2) is 0 Å². The van der Waals surface area contributed by atoms with Crippen molar-refractivity contribution in [3.63, 3.8) is 0 Å². The van der Waals surface area contributed by atoms with Crippen molar-refractivity contribution in [3.8, 4) is 0 Å². The highest BCUT2D eigenvalue weighted by Crippen LogP contribution is 2.19. The molecule has 0 bridgehead atoms.